The fourth-order valence-electron chi connectivity index (χ4n) is 2.49. The van der Waals surface area contributed by atoms with Crippen molar-refractivity contribution in [2.75, 3.05) is 38.1 Å². The number of hydrogen-bond acceptors (Lipinski definition) is 3. The average molecular weight is 266 g/mol. The predicted octanol–water partition coefficient (Wildman–Crippen LogP) is 2.06. The van der Waals surface area contributed by atoms with E-state index in [9.17, 15) is 9.18 Å². The number of likely N-dealkylation sites (tertiary alicyclic amines) is 1. The molecule has 1 saturated heterocycles. The predicted molar refractivity (Wildman–Crippen MR) is 72.3 cm³/mol. The quantitative estimate of drug-likeness (QED) is 0.886. The van der Waals surface area contributed by atoms with Gasteiger partial charge in [-0.3, -0.25) is 0 Å². The number of aromatic carboxylic acids is 1. The second kappa shape index (κ2) is 6.02. The lowest BCUT2D eigenvalue weighted by Gasteiger charge is -2.24. The molecule has 19 heavy (non-hydrogen) atoms. The third-order valence-corrected chi connectivity index (χ3v) is 3.55. The molecular weight excluding hydrogens is 247 g/mol. The highest BCUT2D eigenvalue weighted by Gasteiger charge is 2.19. The minimum absolute atomic E-state index is 0.0175. The molecule has 1 aromatic rings. The largest absolute Gasteiger partial charge is 0.478 e. The summed E-state index contributed by atoms with van der Waals surface area (Å²) in [7, 11) is 1.74. The van der Waals surface area contributed by atoms with Crippen molar-refractivity contribution in [1.29, 1.82) is 0 Å². The minimum atomic E-state index is -1.09. The molecule has 0 amide bonds. The molecule has 0 bridgehead atoms. The van der Waals surface area contributed by atoms with Crippen molar-refractivity contribution in [2.24, 2.45) is 0 Å². The van der Waals surface area contributed by atoms with Crippen LogP contribution in [0.3, 0.4) is 0 Å². The van der Waals surface area contributed by atoms with Crippen LogP contribution in [0.5, 0.6) is 0 Å². The molecule has 0 aromatic heterocycles. The summed E-state index contributed by atoms with van der Waals surface area (Å²) in [4.78, 5) is 15.1. The van der Waals surface area contributed by atoms with E-state index in [1.807, 2.05) is 0 Å². The third kappa shape index (κ3) is 3.23. The number of rotatable bonds is 5. The minimum Gasteiger partial charge on any atom is -0.478 e. The molecule has 1 aliphatic heterocycles. The maximum absolute atomic E-state index is 13.8. The van der Waals surface area contributed by atoms with Crippen LogP contribution in [0, 0.1) is 5.82 Å². The summed E-state index contributed by atoms with van der Waals surface area (Å²) in [5.41, 5.74) is 0.193. The average Bonchev–Trinajstić information content (AvgIpc) is 2.88. The first kappa shape index (κ1) is 13.8. The fourth-order valence-corrected chi connectivity index (χ4v) is 2.49. The van der Waals surface area contributed by atoms with Gasteiger partial charge in [0, 0.05) is 20.1 Å². The Balaban J connectivity index is 2.08. The number of carboxylic acids is 1. The van der Waals surface area contributed by atoms with Crippen molar-refractivity contribution in [2.45, 2.75) is 12.8 Å². The number of anilines is 1. The van der Waals surface area contributed by atoms with Gasteiger partial charge < -0.3 is 14.9 Å². The molecular formula is C14H19FN2O2. The first-order chi connectivity index (χ1) is 9.09. The van der Waals surface area contributed by atoms with Gasteiger partial charge in [0.2, 0.25) is 0 Å². The Kier molecular flexibility index (Phi) is 4.37. The van der Waals surface area contributed by atoms with Crippen LogP contribution in [0.2, 0.25) is 0 Å². The van der Waals surface area contributed by atoms with Crippen LogP contribution in [0.4, 0.5) is 10.1 Å². The molecule has 5 heteroatoms. The fraction of sp³-hybridized carbons (Fsp3) is 0.500. The van der Waals surface area contributed by atoms with Crippen LogP contribution in [0.25, 0.3) is 0 Å². The van der Waals surface area contributed by atoms with Crippen LogP contribution in [-0.2, 0) is 0 Å². The van der Waals surface area contributed by atoms with Crippen molar-refractivity contribution in [3.8, 4) is 0 Å². The van der Waals surface area contributed by atoms with Crippen LogP contribution >= 0.6 is 0 Å². The molecule has 0 atom stereocenters. The summed E-state index contributed by atoms with van der Waals surface area (Å²) in [6.45, 7) is 3.62. The molecule has 2 rings (SSSR count). The second-order valence-corrected chi connectivity index (χ2v) is 4.91. The lowest BCUT2D eigenvalue weighted by molar-refractivity contribution is 0.0697. The number of nitrogens with zero attached hydrogens (tertiary/aromatic N) is 2. The number of benzene rings is 1. The number of likely N-dealkylation sites (N-methyl/N-ethyl adjacent to an activating group) is 1. The van der Waals surface area contributed by atoms with Gasteiger partial charge in [-0.2, -0.15) is 0 Å². The van der Waals surface area contributed by atoms with Gasteiger partial charge >= 0.3 is 5.97 Å². The van der Waals surface area contributed by atoms with E-state index in [4.69, 9.17) is 5.11 Å². The molecule has 1 fully saturated rings. The number of carbonyl (C=O) groups is 1. The SMILES string of the molecule is CN(CCN1CCCC1)c1c(F)cccc1C(=O)O. The molecule has 0 aliphatic carbocycles. The zero-order chi connectivity index (χ0) is 13.8. The zero-order valence-corrected chi connectivity index (χ0v) is 11.1. The maximum atomic E-state index is 13.8. The van der Waals surface area contributed by atoms with E-state index in [1.54, 1.807) is 11.9 Å². The summed E-state index contributed by atoms with van der Waals surface area (Å²) in [6, 6.07) is 4.16. The molecule has 0 radical (unpaired) electrons. The highest BCUT2D eigenvalue weighted by molar-refractivity contribution is 5.94. The lowest BCUT2D eigenvalue weighted by Crippen LogP contribution is -2.32. The van der Waals surface area contributed by atoms with E-state index in [1.165, 1.54) is 31.0 Å². The standard InChI is InChI=1S/C14H19FN2O2/c1-16(9-10-17-7-2-3-8-17)13-11(14(18)19)5-4-6-12(13)15/h4-6H,2-3,7-10H2,1H3,(H,18,19). The zero-order valence-electron chi connectivity index (χ0n) is 11.1. The van der Waals surface area contributed by atoms with Gasteiger partial charge in [0.15, 0.2) is 0 Å². The lowest BCUT2D eigenvalue weighted by atomic mass is 10.1. The summed E-state index contributed by atoms with van der Waals surface area (Å²) in [5.74, 6) is -1.58. The maximum Gasteiger partial charge on any atom is 0.337 e. The Morgan fingerprint density at radius 3 is 2.74 bits per heavy atom. The summed E-state index contributed by atoms with van der Waals surface area (Å²) < 4.78 is 13.8. The third-order valence-electron chi connectivity index (χ3n) is 3.55. The molecule has 104 valence electrons. The molecule has 1 aliphatic rings. The van der Waals surface area contributed by atoms with Crippen LogP contribution in [0.15, 0.2) is 18.2 Å². The molecule has 1 aromatic carbocycles. The molecule has 0 saturated carbocycles. The van der Waals surface area contributed by atoms with Crippen molar-refractivity contribution in [3.05, 3.63) is 29.6 Å². The monoisotopic (exact) mass is 266 g/mol. The van der Waals surface area contributed by atoms with Crippen LogP contribution in [-0.4, -0.2) is 49.2 Å². The Morgan fingerprint density at radius 2 is 2.11 bits per heavy atom. The van der Waals surface area contributed by atoms with E-state index in [0.29, 0.717) is 6.54 Å². The number of halogens is 1. The van der Waals surface area contributed by atoms with Crippen molar-refractivity contribution < 1.29 is 14.3 Å². The van der Waals surface area contributed by atoms with Crippen LogP contribution in [0.1, 0.15) is 23.2 Å². The van der Waals surface area contributed by atoms with E-state index < -0.39 is 11.8 Å². The molecule has 4 nitrogen and oxygen atoms in total. The van der Waals surface area contributed by atoms with E-state index in [2.05, 4.69) is 4.90 Å². The number of para-hydroxylation sites is 1. The molecule has 0 unspecified atom stereocenters. The highest BCUT2D eigenvalue weighted by Crippen LogP contribution is 2.23. The van der Waals surface area contributed by atoms with E-state index in [0.717, 1.165) is 19.6 Å². The molecule has 1 heterocycles. The van der Waals surface area contributed by atoms with Gasteiger partial charge in [-0.05, 0) is 38.1 Å². The van der Waals surface area contributed by atoms with Gasteiger partial charge in [-0.25, -0.2) is 9.18 Å². The first-order valence-corrected chi connectivity index (χ1v) is 6.55. The summed E-state index contributed by atoms with van der Waals surface area (Å²) >= 11 is 0. The second-order valence-electron chi connectivity index (χ2n) is 4.91. The van der Waals surface area contributed by atoms with Crippen molar-refractivity contribution >= 4 is 11.7 Å². The van der Waals surface area contributed by atoms with E-state index >= 15 is 0 Å². The number of hydrogen-bond donors (Lipinski definition) is 1. The Labute approximate surface area is 112 Å². The summed E-state index contributed by atoms with van der Waals surface area (Å²) in [5, 5.41) is 9.11. The van der Waals surface area contributed by atoms with Crippen LogP contribution < -0.4 is 4.90 Å². The topological polar surface area (TPSA) is 43.8 Å². The molecule has 1 N–H and O–H groups in total. The first-order valence-electron chi connectivity index (χ1n) is 6.55. The van der Waals surface area contributed by atoms with Gasteiger partial charge in [-0.1, -0.05) is 6.07 Å². The smallest absolute Gasteiger partial charge is 0.337 e. The Bertz CT molecular complexity index is 459. The number of carboxylic acid groups (broad SMARTS) is 1. The van der Waals surface area contributed by atoms with E-state index in [-0.39, 0.29) is 11.3 Å². The van der Waals surface area contributed by atoms with Gasteiger partial charge in [0.25, 0.3) is 0 Å². The van der Waals surface area contributed by atoms with Gasteiger partial charge in [0.05, 0.1) is 11.3 Å². The van der Waals surface area contributed by atoms with Gasteiger partial charge in [0.1, 0.15) is 5.82 Å². The molecule has 0 spiro atoms. The Hall–Kier alpha value is -1.62. The Morgan fingerprint density at radius 1 is 1.42 bits per heavy atom. The summed E-state index contributed by atoms with van der Waals surface area (Å²) in [6.07, 6.45) is 2.42. The highest BCUT2D eigenvalue weighted by atomic mass is 19.1. The van der Waals surface area contributed by atoms with Crippen molar-refractivity contribution in [3.63, 3.8) is 0 Å². The van der Waals surface area contributed by atoms with Crippen molar-refractivity contribution in [1.82, 2.24) is 4.90 Å². The normalized spacial score (nSPS) is 15.7. The van der Waals surface area contributed by atoms with Gasteiger partial charge in [-0.15, -0.1) is 0 Å².